The third-order valence-corrected chi connectivity index (χ3v) is 10.1. The van der Waals surface area contributed by atoms with Crippen molar-refractivity contribution in [1.29, 1.82) is 0 Å². The van der Waals surface area contributed by atoms with Gasteiger partial charge in [-0.1, -0.05) is 20.8 Å². The highest BCUT2D eigenvalue weighted by molar-refractivity contribution is 6.74. The van der Waals surface area contributed by atoms with Crippen LogP contribution in [-0.2, 0) is 18.8 Å². The van der Waals surface area contributed by atoms with Crippen LogP contribution in [0.25, 0.3) is 0 Å². The zero-order chi connectivity index (χ0) is 22.6. The Labute approximate surface area is 176 Å². The molecule has 1 fully saturated rings. The minimum atomic E-state index is -2.04. The fourth-order valence-electron chi connectivity index (χ4n) is 2.89. The first kappa shape index (κ1) is 25.6. The number of hydrogen-bond donors (Lipinski definition) is 2. The summed E-state index contributed by atoms with van der Waals surface area (Å²) in [7, 11) is -2.04. The lowest BCUT2D eigenvalue weighted by Gasteiger charge is -2.38. The number of Topliss-reactive ketones (excluding diaryl/α,β-unsaturated/α-hetero) is 1. The summed E-state index contributed by atoms with van der Waals surface area (Å²) >= 11 is 0. The van der Waals surface area contributed by atoms with Crippen LogP contribution in [0.15, 0.2) is 0 Å². The summed E-state index contributed by atoms with van der Waals surface area (Å²) < 4.78 is 11.3. The molecule has 0 radical (unpaired) electrons. The Hall–Kier alpha value is -1.41. The lowest BCUT2D eigenvalue weighted by Crippen LogP contribution is -2.48. The van der Waals surface area contributed by atoms with Crippen LogP contribution in [0.4, 0.5) is 4.79 Å². The minimum Gasteiger partial charge on any atom is -0.444 e. The summed E-state index contributed by atoms with van der Waals surface area (Å²) in [4.78, 5) is 36.2. The first-order valence-electron chi connectivity index (χ1n) is 10.5. The van der Waals surface area contributed by atoms with Crippen molar-refractivity contribution in [2.75, 3.05) is 6.54 Å². The number of alkyl carbamates (subject to hydrolysis) is 1. The third-order valence-electron chi connectivity index (χ3n) is 5.58. The van der Waals surface area contributed by atoms with Gasteiger partial charge in [0, 0.05) is 12.5 Å². The van der Waals surface area contributed by atoms with E-state index in [1.54, 1.807) is 6.92 Å². The number of hydrogen-bond acceptors (Lipinski definition) is 5. The molecule has 0 spiro atoms. The standard InChI is InChI=1S/C21H40N2O5Si/c1-14(28-29(8,9)21(5,6)7)18(25)22-13-17(24)12-15-10-16(11-15)23-19(26)27-20(2,3)4/h14-16H,10-13H2,1-9H3,(H,22,25)(H,23,26)/t14-,15?,16?/m1/s1. The van der Waals surface area contributed by atoms with Gasteiger partial charge in [0.2, 0.25) is 5.91 Å². The summed E-state index contributed by atoms with van der Waals surface area (Å²) in [6.45, 7) is 17.8. The van der Waals surface area contributed by atoms with E-state index in [1.807, 2.05) is 20.8 Å². The highest BCUT2D eigenvalue weighted by Crippen LogP contribution is 2.37. The number of ketones is 1. The van der Waals surface area contributed by atoms with E-state index in [2.05, 4.69) is 44.5 Å². The zero-order valence-corrected chi connectivity index (χ0v) is 20.6. The van der Waals surface area contributed by atoms with Gasteiger partial charge < -0.3 is 19.8 Å². The maximum absolute atomic E-state index is 12.3. The quantitative estimate of drug-likeness (QED) is 0.574. The van der Waals surface area contributed by atoms with Gasteiger partial charge in [-0.15, -0.1) is 0 Å². The summed E-state index contributed by atoms with van der Waals surface area (Å²) in [5, 5.41) is 5.54. The lowest BCUT2D eigenvalue weighted by molar-refractivity contribution is -0.130. The van der Waals surface area contributed by atoms with Crippen LogP contribution in [0.5, 0.6) is 0 Å². The van der Waals surface area contributed by atoms with E-state index < -0.39 is 26.1 Å². The molecule has 0 unspecified atom stereocenters. The second-order valence-electron chi connectivity index (χ2n) is 10.7. The molecule has 2 amide bonds. The fraction of sp³-hybridized carbons (Fsp3) is 0.857. The molecule has 1 saturated carbocycles. The Bertz CT molecular complexity index is 601. The molecule has 0 bridgehead atoms. The van der Waals surface area contributed by atoms with Gasteiger partial charge in [0.25, 0.3) is 0 Å². The van der Waals surface area contributed by atoms with Gasteiger partial charge in [0.15, 0.2) is 14.1 Å². The van der Waals surface area contributed by atoms with Crippen LogP contribution in [-0.4, -0.2) is 50.4 Å². The van der Waals surface area contributed by atoms with Gasteiger partial charge >= 0.3 is 6.09 Å². The molecule has 8 heteroatoms. The minimum absolute atomic E-state index is 0.00130. The molecule has 1 rings (SSSR count). The average molecular weight is 429 g/mol. The molecule has 0 heterocycles. The van der Waals surface area contributed by atoms with Crippen molar-refractivity contribution in [2.24, 2.45) is 5.92 Å². The fourth-order valence-corrected chi connectivity index (χ4v) is 4.23. The maximum Gasteiger partial charge on any atom is 0.407 e. The average Bonchev–Trinajstić information content (AvgIpc) is 2.46. The van der Waals surface area contributed by atoms with Crippen molar-refractivity contribution in [3.63, 3.8) is 0 Å². The molecule has 0 aromatic heterocycles. The van der Waals surface area contributed by atoms with Crippen LogP contribution in [0, 0.1) is 5.92 Å². The van der Waals surface area contributed by atoms with Crippen molar-refractivity contribution in [1.82, 2.24) is 10.6 Å². The van der Waals surface area contributed by atoms with Gasteiger partial charge in [0.1, 0.15) is 11.7 Å². The molecule has 2 N–H and O–H groups in total. The molecule has 0 aromatic carbocycles. The van der Waals surface area contributed by atoms with Crippen molar-refractivity contribution >= 4 is 26.1 Å². The van der Waals surface area contributed by atoms with Crippen molar-refractivity contribution < 1.29 is 23.5 Å². The van der Waals surface area contributed by atoms with Crippen LogP contribution in [0.3, 0.4) is 0 Å². The Morgan fingerprint density at radius 2 is 1.62 bits per heavy atom. The van der Waals surface area contributed by atoms with Crippen LogP contribution >= 0.6 is 0 Å². The summed E-state index contributed by atoms with van der Waals surface area (Å²) in [6, 6.07) is 0.0512. The number of amides is 2. The molecule has 1 aliphatic rings. The molecular weight excluding hydrogens is 388 g/mol. The monoisotopic (exact) mass is 428 g/mol. The van der Waals surface area contributed by atoms with Crippen LogP contribution in [0.2, 0.25) is 18.1 Å². The normalized spacial score (nSPS) is 21.0. The first-order chi connectivity index (χ1) is 13.0. The zero-order valence-electron chi connectivity index (χ0n) is 19.6. The highest BCUT2D eigenvalue weighted by atomic mass is 28.4. The van der Waals surface area contributed by atoms with Gasteiger partial charge in [-0.05, 0) is 64.6 Å². The van der Waals surface area contributed by atoms with Crippen molar-refractivity contribution in [3.05, 3.63) is 0 Å². The largest absolute Gasteiger partial charge is 0.444 e. The molecule has 1 aliphatic carbocycles. The van der Waals surface area contributed by atoms with E-state index in [1.165, 1.54) is 0 Å². The molecular formula is C21H40N2O5Si. The second kappa shape index (κ2) is 9.60. The third kappa shape index (κ3) is 8.86. The number of nitrogens with one attached hydrogen (secondary N) is 2. The summed E-state index contributed by atoms with van der Waals surface area (Å²) in [5.74, 6) is -0.0138. The Morgan fingerprint density at radius 1 is 1.07 bits per heavy atom. The summed E-state index contributed by atoms with van der Waals surface area (Å²) in [6.07, 6.45) is 0.919. The Kier molecular flexibility index (Phi) is 8.48. The van der Waals surface area contributed by atoms with Gasteiger partial charge in [-0.3, -0.25) is 9.59 Å². The van der Waals surface area contributed by atoms with E-state index in [9.17, 15) is 14.4 Å². The van der Waals surface area contributed by atoms with Gasteiger partial charge in [-0.25, -0.2) is 4.79 Å². The topological polar surface area (TPSA) is 93.7 Å². The molecule has 29 heavy (non-hydrogen) atoms. The number of ether oxygens (including phenoxy) is 1. The molecule has 0 aromatic rings. The first-order valence-corrected chi connectivity index (χ1v) is 13.4. The van der Waals surface area contributed by atoms with Gasteiger partial charge in [0.05, 0.1) is 6.54 Å². The lowest BCUT2D eigenvalue weighted by atomic mass is 9.77. The van der Waals surface area contributed by atoms with E-state index in [4.69, 9.17) is 9.16 Å². The molecule has 0 aliphatic heterocycles. The predicted octanol–water partition coefficient (Wildman–Crippen LogP) is 3.78. The van der Waals surface area contributed by atoms with E-state index >= 15 is 0 Å². The molecule has 1 atom stereocenters. The Morgan fingerprint density at radius 3 is 2.10 bits per heavy atom. The van der Waals surface area contributed by atoms with Crippen molar-refractivity contribution in [2.45, 2.75) is 104 Å². The molecule has 0 saturated heterocycles. The predicted molar refractivity (Wildman–Crippen MR) is 116 cm³/mol. The van der Waals surface area contributed by atoms with E-state index in [0.717, 1.165) is 12.8 Å². The summed E-state index contributed by atoms with van der Waals surface area (Å²) in [5.41, 5.74) is -0.521. The Balaban J connectivity index is 2.28. The van der Waals surface area contributed by atoms with Gasteiger partial charge in [-0.2, -0.15) is 0 Å². The van der Waals surface area contributed by atoms with Crippen LogP contribution in [0.1, 0.15) is 67.7 Å². The highest BCUT2D eigenvalue weighted by Gasteiger charge is 2.39. The molecule has 7 nitrogen and oxygen atoms in total. The van der Waals surface area contributed by atoms with Crippen LogP contribution < -0.4 is 10.6 Å². The second-order valence-corrected chi connectivity index (χ2v) is 15.4. The van der Waals surface area contributed by atoms with E-state index in [0.29, 0.717) is 6.42 Å². The number of carbonyl (C=O) groups excluding carboxylic acids is 3. The maximum atomic E-state index is 12.3. The molecule has 168 valence electrons. The number of carbonyl (C=O) groups is 3. The smallest absolute Gasteiger partial charge is 0.407 e. The van der Waals surface area contributed by atoms with E-state index in [-0.39, 0.29) is 35.2 Å². The SMILES string of the molecule is C[C@@H](O[Si](C)(C)C(C)(C)C)C(=O)NCC(=O)CC1CC(NC(=O)OC(C)(C)C)C1. The number of rotatable bonds is 8. The van der Waals surface area contributed by atoms with Crippen molar-refractivity contribution in [3.8, 4) is 0 Å².